The first-order chi connectivity index (χ1) is 13.5. The number of nitrogens with one attached hydrogen (secondary N) is 2. The predicted octanol–water partition coefficient (Wildman–Crippen LogP) is 4.96. The van der Waals surface area contributed by atoms with Crippen LogP contribution in [-0.2, 0) is 10.9 Å². The molecule has 0 aliphatic carbocycles. The van der Waals surface area contributed by atoms with E-state index < -0.39 is 11.7 Å². The second kappa shape index (κ2) is 8.71. The van der Waals surface area contributed by atoms with Crippen LogP contribution < -0.4 is 10.6 Å². The molecule has 2 N–H and O–H groups in total. The summed E-state index contributed by atoms with van der Waals surface area (Å²) in [4.78, 5) is 8.82. The normalized spacial score (nSPS) is 11.3. The van der Waals surface area contributed by atoms with Gasteiger partial charge in [0.25, 0.3) is 0 Å². The average Bonchev–Trinajstić information content (AvgIpc) is 2.68. The summed E-state index contributed by atoms with van der Waals surface area (Å²) >= 11 is 0. The Hall–Kier alpha value is -3.13. The van der Waals surface area contributed by atoms with Crippen LogP contribution in [0.15, 0.2) is 60.7 Å². The Morgan fingerprint density at radius 2 is 1.75 bits per heavy atom. The van der Waals surface area contributed by atoms with Crippen molar-refractivity contribution in [2.45, 2.75) is 6.18 Å². The zero-order valence-corrected chi connectivity index (χ0v) is 15.1. The summed E-state index contributed by atoms with van der Waals surface area (Å²) in [6, 6.07) is 16.1. The standard InChI is InChI=1S/C20H19F3N4O/c1-28-11-10-24-19-26-17(14-6-3-2-4-7-14)13-18(27-19)25-16-9-5-8-15(12-16)20(21,22)23/h2-9,12-13H,10-11H2,1H3,(H2,24,25,26,27). The second-order valence-corrected chi connectivity index (χ2v) is 5.95. The van der Waals surface area contributed by atoms with Gasteiger partial charge in [-0.1, -0.05) is 36.4 Å². The number of hydrogen-bond acceptors (Lipinski definition) is 5. The molecule has 0 saturated carbocycles. The lowest BCUT2D eigenvalue weighted by Gasteiger charge is -2.13. The molecule has 146 valence electrons. The molecule has 0 spiro atoms. The molecule has 0 aliphatic heterocycles. The first kappa shape index (κ1) is 19.6. The molecule has 8 heteroatoms. The molecule has 0 bridgehead atoms. The summed E-state index contributed by atoms with van der Waals surface area (Å²) in [5.41, 5.74) is 1.07. The van der Waals surface area contributed by atoms with Gasteiger partial charge in [-0.15, -0.1) is 0 Å². The molecule has 2 aromatic carbocycles. The van der Waals surface area contributed by atoms with Crippen LogP contribution in [0.4, 0.5) is 30.6 Å². The number of anilines is 3. The largest absolute Gasteiger partial charge is 0.416 e. The van der Waals surface area contributed by atoms with E-state index in [0.717, 1.165) is 17.7 Å². The Bertz CT molecular complexity index is 917. The maximum Gasteiger partial charge on any atom is 0.416 e. The highest BCUT2D eigenvalue weighted by Crippen LogP contribution is 2.31. The third-order valence-electron chi connectivity index (χ3n) is 3.85. The minimum Gasteiger partial charge on any atom is -0.383 e. The molecule has 28 heavy (non-hydrogen) atoms. The van der Waals surface area contributed by atoms with Crippen LogP contribution in [0.3, 0.4) is 0 Å². The van der Waals surface area contributed by atoms with Crippen molar-refractivity contribution >= 4 is 17.5 Å². The Balaban J connectivity index is 1.92. The van der Waals surface area contributed by atoms with Crippen molar-refractivity contribution in [2.24, 2.45) is 0 Å². The van der Waals surface area contributed by atoms with Crippen LogP contribution in [0.2, 0.25) is 0 Å². The van der Waals surface area contributed by atoms with Gasteiger partial charge in [-0.2, -0.15) is 18.2 Å². The van der Waals surface area contributed by atoms with Gasteiger partial charge in [-0.05, 0) is 18.2 Å². The van der Waals surface area contributed by atoms with E-state index in [0.29, 0.717) is 30.6 Å². The first-order valence-electron chi connectivity index (χ1n) is 8.57. The van der Waals surface area contributed by atoms with E-state index >= 15 is 0 Å². The minimum absolute atomic E-state index is 0.287. The van der Waals surface area contributed by atoms with Gasteiger partial charge in [0, 0.05) is 31.0 Å². The fraction of sp³-hybridized carbons (Fsp3) is 0.200. The van der Waals surface area contributed by atoms with Crippen molar-refractivity contribution < 1.29 is 17.9 Å². The molecule has 1 aromatic heterocycles. The molecule has 5 nitrogen and oxygen atoms in total. The zero-order chi connectivity index (χ0) is 20.0. The Morgan fingerprint density at radius 1 is 0.964 bits per heavy atom. The molecule has 0 unspecified atom stereocenters. The fourth-order valence-corrected chi connectivity index (χ4v) is 2.53. The van der Waals surface area contributed by atoms with Crippen LogP contribution in [-0.4, -0.2) is 30.2 Å². The Kier molecular flexibility index (Phi) is 6.10. The quantitative estimate of drug-likeness (QED) is 0.560. The molecule has 0 fully saturated rings. The number of halogens is 3. The van der Waals surface area contributed by atoms with Crippen LogP contribution in [0.1, 0.15) is 5.56 Å². The van der Waals surface area contributed by atoms with Gasteiger partial charge in [0.1, 0.15) is 5.82 Å². The van der Waals surface area contributed by atoms with Crippen LogP contribution in [0, 0.1) is 0 Å². The first-order valence-corrected chi connectivity index (χ1v) is 8.57. The molecule has 0 aliphatic rings. The van der Waals surface area contributed by atoms with Gasteiger partial charge in [0.05, 0.1) is 17.9 Å². The number of methoxy groups -OCH3 is 1. The van der Waals surface area contributed by atoms with Crippen molar-refractivity contribution in [3.8, 4) is 11.3 Å². The number of alkyl halides is 3. The highest BCUT2D eigenvalue weighted by molar-refractivity contribution is 5.67. The van der Waals surface area contributed by atoms with Gasteiger partial charge in [0.15, 0.2) is 0 Å². The lowest BCUT2D eigenvalue weighted by molar-refractivity contribution is -0.137. The minimum atomic E-state index is -4.41. The van der Waals surface area contributed by atoms with Crippen LogP contribution >= 0.6 is 0 Å². The summed E-state index contributed by atoms with van der Waals surface area (Å²) in [6.07, 6.45) is -4.41. The Labute approximate surface area is 160 Å². The van der Waals surface area contributed by atoms with E-state index in [1.165, 1.54) is 6.07 Å². The van der Waals surface area contributed by atoms with Crippen LogP contribution in [0.5, 0.6) is 0 Å². The van der Waals surface area contributed by atoms with Crippen molar-refractivity contribution in [3.05, 3.63) is 66.2 Å². The summed E-state index contributed by atoms with van der Waals surface area (Å²) in [7, 11) is 1.59. The zero-order valence-electron chi connectivity index (χ0n) is 15.1. The van der Waals surface area contributed by atoms with Crippen molar-refractivity contribution in [2.75, 3.05) is 30.9 Å². The molecular formula is C20H19F3N4O. The van der Waals surface area contributed by atoms with Gasteiger partial charge >= 0.3 is 6.18 Å². The summed E-state index contributed by atoms with van der Waals surface area (Å²) in [5, 5.41) is 5.99. The third kappa shape index (κ3) is 5.20. The summed E-state index contributed by atoms with van der Waals surface area (Å²) in [6.45, 7) is 0.965. The topological polar surface area (TPSA) is 59.1 Å². The highest BCUT2D eigenvalue weighted by Gasteiger charge is 2.30. The SMILES string of the molecule is COCCNc1nc(Nc2cccc(C(F)(F)F)c2)cc(-c2ccccc2)n1. The van der Waals surface area contributed by atoms with Gasteiger partial charge in [-0.3, -0.25) is 0 Å². The van der Waals surface area contributed by atoms with Crippen LogP contribution in [0.25, 0.3) is 11.3 Å². The average molecular weight is 388 g/mol. The molecule has 0 amide bonds. The molecular weight excluding hydrogens is 369 g/mol. The Morgan fingerprint density at radius 3 is 2.46 bits per heavy atom. The highest BCUT2D eigenvalue weighted by atomic mass is 19.4. The lowest BCUT2D eigenvalue weighted by atomic mass is 10.1. The van der Waals surface area contributed by atoms with E-state index in [2.05, 4.69) is 20.6 Å². The van der Waals surface area contributed by atoms with E-state index in [1.54, 1.807) is 19.2 Å². The van der Waals surface area contributed by atoms with E-state index in [9.17, 15) is 13.2 Å². The monoisotopic (exact) mass is 388 g/mol. The molecule has 0 saturated heterocycles. The number of rotatable bonds is 7. The number of benzene rings is 2. The number of hydrogen-bond donors (Lipinski definition) is 2. The molecule has 0 radical (unpaired) electrons. The number of nitrogens with zero attached hydrogens (tertiary/aromatic N) is 2. The van der Waals surface area contributed by atoms with E-state index in [4.69, 9.17) is 4.74 Å². The number of ether oxygens (including phenoxy) is 1. The van der Waals surface area contributed by atoms with E-state index in [-0.39, 0.29) is 5.69 Å². The predicted molar refractivity (Wildman–Crippen MR) is 103 cm³/mol. The lowest BCUT2D eigenvalue weighted by Crippen LogP contribution is -2.11. The fourth-order valence-electron chi connectivity index (χ4n) is 2.53. The number of aromatic nitrogens is 2. The summed E-state index contributed by atoms with van der Waals surface area (Å²) in [5.74, 6) is 0.737. The van der Waals surface area contributed by atoms with Gasteiger partial charge < -0.3 is 15.4 Å². The molecule has 1 heterocycles. The van der Waals surface area contributed by atoms with Gasteiger partial charge in [-0.25, -0.2) is 4.98 Å². The third-order valence-corrected chi connectivity index (χ3v) is 3.85. The van der Waals surface area contributed by atoms with E-state index in [1.807, 2.05) is 30.3 Å². The molecule has 3 aromatic rings. The summed E-state index contributed by atoms with van der Waals surface area (Å²) < 4.78 is 43.9. The second-order valence-electron chi connectivity index (χ2n) is 5.95. The van der Waals surface area contributed by atoms with Crippen molar-refractivity contribution in [1.29, 1.82) is 0 Å². The maximum atomic E-state index is 13.0. The smallest absolute Gasteiger partial charge is 0.383 e. The molecule has 3 rings (SSSR count). The molecule has 0 atom stereocenters. The van der Waals surface area contributed by atoms with Crippen molar-refractivity contribution in [3.63, 3.8) is 0 Å². The maximum absolute atomic E-state index is 13.0. The van der Waals surface area contributed by atoms with Gasteiger partial charge in [0.2, 0.25) is 5.95 Å². The van der Waals surface area contributed by atoms with Crippen molar-refractivity contribution in [1.82, 2.24) is 9.97 Å².